The second kappa shape index (κ2) is 5.51. The summed E-state index contributed by atoms with van der Waals surface area (Å²) in [4.78, 5) is 4.23. The number of pyridine rings is 1. The highest BCUT2D eigenvalue weighted by Gasteiger charge is 2.20. The molecule has 1 aliphatic rings. The van der Waals surface area contributed by atoms with Crippen molar-refractivity contribution in [3.63, 3.8) is 0 Å². The second-order valence-corrected chi connectivity index (χ2v) is 4.59. The summed E-state index contributed by atoms with van der Waals surface area (Å²) in [7, 11) is 1.79. The molecule has 0 spiro atoms. The summed E-state index contributed by atoms with van der Waals surface area (Å²) in [5, 5.41) is 3.95. The fourth-order valence-corrected chi connectivity index (χ4v) is 2.30. The van der Waals surface area contributed by atoms with Crippen LogP contribution in [0.3, 0.4) is 0 Å². The molecule has 0 unspecified atom stereocenters. The number of anilines is 1. The molecule has 3 nitrogen and oxygen atoms in total. The van der Waals surface area contributed by atoms with Gasteiger partial charge in [0.25, 0.3) is 0 Å². The van der Waals surface area contributed by atoms with Crippen LogP contribution in [0.25, 0.3) is 0 Å². The Balaban J connectivity index is 1.87. The van der Waals surface area contributed by atoms with Gasteiger partial charge in [-0.2, -0.15) is 0 Å². The molecule has 0 bridgehead atoms. The molecule has 4 heteroatoms. The van der Waals surface area contributed by atoms with Gasteiger partial charge in [-0.05, 0) is 37.8 Å². The van der Waals surface area contributed by atoms with E-state index in [0.717, 1.165) is 31.5 Å². The highest BCUT2D eigenvalue weighted by Crippen LogP contribution is 2.23. The van der Waals surface area contributed by atoms with Gasteiger partial charge in [0.2, 0.25) is 0 Å². The fourth-order valence-electron chi connectivity index (χ4n) is 2.14. The zero-order chi connectivity index (χ0) is 11.4. The predicted octanol–water partition coefficient (Wildman–Crippen LogP) is 3.10. The molecule has 0 aromatic carbocycles. The van der Waals surface area contributed by atoms with Crippen molar-refractivity contribution >= 4 is 17.4 Å². The summed E-state index contributed by atoms with van der Waals surface area (Å²) in [6.07, 6.45) is 4.94. The molecule has 2 rings (SSSR count). The van der Waals surface area contributed by atoms with Crippen LogP contribution in [-0.4, -0.2) is 24.2 Å². The Morgan fingerprint density at radius 3 is 2.69 bits per heavy atom. The van der Waals surface area contributed by atoms with Gasteiger partial charge in [-0.3, -0.25) is 0 Å². The van der Waals surface area contributed by atoms with Gasteiger partial charge in [-0.15, -0.1) is 0 Å². The van der Waals surface area contributed by atoms with Crippen molar-refractivity contribution in [1.29, 1.82) is 0 Å². The highest BCUT2D eigenvalue weighted by atomic mass is 35.5. The Morgan fingerprint density at radius 2 is 2.06 bits per heavy atom. The number of nitrogens with one attached hydrogen (secondary N) is 1. The number of hydrogen-bond donors (Lipinski definition) is 1. The SMILES string of the molecule is COC1CCC(Nc2cccc(Cl)n2)CC1. The molecule has 1 fully saturated rings. The Hall–Kier alpha value is -0.800. The van der Waals surface area contributed by atoms with E-state index >= 15 is 0 Å². The third kappa shape index (κ3) is 3.09. The van der Waals surface area contributed by atoms with Crippen LogP contribution in [0.2, 0.25) is 5.15 Å². The molecule has 0 radical (unpaired) electrons. The molecule has 16 heavy (non-hydrogen) atoms. The molecule has 0 atom stereocenters. The topological polar surface area (TPSA) is 34.1 Å². The van der Waals surface area contributed by atoms with E-state index in [4.69, 9.17) is 16.3 Å². The molecule has 1 aliphatic carbocycles. The smallest absolute Gasteiger partial charge is 0.131 e. The van der Waals surface area contributed by atoms with E-state index in [2.05, 4.69) is 10.3 Å². The molecular formula is C12H17ClN2O. The zero-order valence-corrected chi connectivity index (χ0v) is 10.2. The minimum Gasteiger partial charge on any atom is -0.381 e. The fraction of sp³-hybridized carbons (Fsp3) is 0.583. The monoisotopic (exact) mass is 240 g/mol. The lowest BCUT2D eigenvalue weighted by Gasteiger charge is -2.28. The third-order valence-corrected chi connectivity index (χ3v) is 3.29. The lowest BCUT2D eigenvalue weighted by Crippen LogP contribution is -2.29. The van der Waals surface area contributed by atoms with Crippen LogP contribution >= 0.6 is 11.6 Å². The average Bonchev–Trinajstić information content (AvgIpc) is 2.30. The van der Waals surface area contributed by atoms with Crippen LogP contribution in [0.15, 0.2) is 18.2 Å². The summed E-state index contributed by atoms with van der Waals surface area (Å²) in [5.74, 6) is 0.869. The van der Waals surface area contributed by atoms with Gasteiger partial charge < -0.3 is 10.1 Å². The predicted molar refractivity (Wildman–Crippen MR) is 65.9 cm³/mol. The van der Waals surface area contributed by atoms with Crippen molar-refractivity contribution in [1.82, 2.24) is 4.98 Å². The standard InChI is InChI=1S/C12H17ClN2O/c1-16-10-7-5-9(6-8-10)14-12-4-2-3-11(13)15-12/h2-4,9-10H,5-8H2,1H3,(H,14,15). The molecule has 1 aromatic heterocycles. The minimum absolute atomic E-state index is 0.436. The number of hydrogen-bond acceptors (Lipinski definition) is 3. The molecule has 1 N–H and O–H groups in total. The van der Waals surface area contributed by atoms with Crippen LogP contribution in [0.1, 0.15) is 25.7 Å². The van der Waals surface area contributed by atoms with E-state index in [1.54, 1.807) is 13.2 Å². The molecule has 0 aliphatic heterocycles. The number of methoxy groups -OCH3 is 1. The number of halogens is 1. The summed E-state index contributed by atoms with van der Waals surface area (Å²) in [5.41, 5.74) is 0. The first-order valence-corrected chi connectivity index (χ1v) is 6.07. The van der Waals surface area contributed by atoms with Gasteiger partial charge in [0.15, 0.2) is 0 Å². The van der Waals surface area contributed by atoms with Crippen LogP contribution < -0.4 is 5.32 Å². The van der Waals surface area contributed by atoms with E-state index < -0.39 is 0 Å². The average molecular weight is 241 g/mol. The minimum atomic E-state index is 0.436. The van der Waals surface area contributed by atoms with Crippen molar-refractivity contribution in [2.24, 2.45) is 0 Å². The van der Waals surface area contributed by atoms with E-state index in [1.807, 2.05) is 12.1 Å². The van der Waals surface area contributed by atoms with Crippen molar-refractivity contribution < 1.29 is 4.74 Å². The number of ether oxygens (including phenoxy) is 1. The van der Waals surface area contributed by atoms with Crippen molar-refractivity contribution in [3.8, 4) is 0 Å². The third-order valence-electron chi connectivity index (χ3n) is 3.07. The van der Waals surface area contributed by atoms with Gasteiger partial charge in [0.1, 0.15) is 11.0 Å². The molecular weight excluding hydrogens is 224 g/mol. The lowest BCUT2D eigenvalue weighted by atomic mass is 9.93. The molecule has 0 saturated heterocycles. The maximum atomic E-state index is 5.84. The van der Waals surface area contributed by atoms with Gasteiger partial charge in [0.05, 0.1) is 6.10 Å². The number of rotatable bonds is 3. The van der Waals surface area contributed by atoms with Gasteiger partial charge in [-0.25, -0.2) is 4.98 Å². The zero-order valence-electron chi connectivity index (χ0n) is 9.45. The van der Waals surface area contributed by atoms with Gasteiger partial charge in [0, 0.05) is 13.2 Å². The van der Waals surface area contributed by atoms with Crippen LogP contribution in [0.5, 0.6) is 0 Å². The molecule has 1 saturated carbocycles. The van der Waals surface area contributed by atoms with E-state index in [-0.39, 0.29) is 0 Å². The maximum absolute atomic E-state index is 5.84. The Bertz CT molecular complexity index is 338. The van der Waals surface area contributed by atoms with E-state index in [1.165, 1.54) is 0 Å². The van der Waals surface area contributed by atoms with E-state index in [0.29, 0.717) is 17.3 Å². The van der Waals surface area contributed by atoms with Crippen LogP contribution in [0, 0.1) is 0 Å². The van der Waals surface area contributed by atoms with Gasteiger partial charge in [-0.1, -0.05) is 17.7 Å². The van der Waals surface area contributed by atoms with Crippen molar-refractivity contribution in [3.05, 3.63) is 23.4 Å². The Morgan fingerprint density at radius 1 is 1.31 bits per heavy atom. The van der Waals surface area contributed by atoms with Crippen molar-refractivity contribution in [2.75, 3.05) is 12.4 Å². The lowest BCUT2D eigenvalue weighted by molar-refractivity contribution is 0.0681. The van der Waals surface area contributed by atoms with Gasteiger partial charge >= 0.3 is 0 Å². The Kier molecular flexibility index (Phi) is 4.02. The molecule has 1 aromatic rings. The summed E-state index contributed by atoms with van der Waals surface area (Å²) >= 11 is 5.84. The second-order valence-electron chi connectivity index (χ2n) is 4.20. The summed E-state index contributed by atoms with van der Waals surface area (Å²) in [6.45, 7) is 0. The first-order chi connectivity index (χ1) is 7.78. The summed E-state index contributed by atoms with van der Waals surface area (Å²) in [6, 6.07) is 6.15. The molecule has 0 amide bonds. The largest absolute Gasteiger partial charge is 0.381 e. The normalized spacial score (nSPS) is 25.4. The first kappa shape index (κ1) is 11.7. The van der Waals surface area contributed by atoms with Crippen LogP contribution in [-0.2, 0) is 4.74 Å². The molecule has 88 valence electrons. The first-order valence-electron chi connectivity index (χ1n) is 5.70. The summed E-state index contributed by atoms with van der Waals surface area (Å²) < 4.78 is 5.34. The number of nitrogens with zero attached hydrogens (tertiary/aromatic N) is 1. The van der Waals surface area contributed by atoms with E-state index in [9.17, 15) is 0 Å². The van der Waals surface area contributed by atoms with Crippen molar-refractivity contribution in [2.45, 2.75) is 37.8 Å². The number of aromatic nitrogens is 1. The Labute approximate surface area is 101 Å². The molecule has 1 heterocycles. The van der Waals surface area contributed by atoms with Crippen LogP contribution in [0.4, 0.5) is 5.82 Å². The highest BCUT2D eigenvalue weighted by molar-refractivity contribution is 6.29. The maximum Gasteiger partial charge on any atom is 0.131 e. The quantitative estimate of drug-likeness (QED) is 0.825.